The van der Waals surface area contributed by atoms with E-state index in [0.717, 1.165) is 37.2 Å². The second-order valence-electron chi connectivity index (χ2n) is 8.84. The monoisotopic (exact) mass is 452 g/mol. The maximum Gasteiger partial charge on any atom is 0.295 e. The molecule has 2 fully saturated rings. The molecule has 4 rings (SSSR count). The van der Waals surface area contributed by atoms with Crippen LogP contribution in [-0.2, 0) is 16.6 Å². The van der Waals surface area contributed by atoms with E-state index in [2.05, 4.69) is 10.00 Å². The Hall–Kier alpha value is -3.13. The van der Waals surface area contributed by atoms with Crippen molar-refractivity contribution in [2.45, 2.75) is 39.2 Å². The fourth-order valence-electron chi connectivity index (χ4n) is 4.95. The lowest BCUT2D eigenvalue weighted by molar-refractivity contribution is -0.140. The van der Waals surface area contributed by atoms with Gasteiger partial charge in [-0.15, -0.1) is 0 Å². The van der Waals surface area contributed by atoms with E-state index >= 15 is 0 Å². The van der Waals surface area contributed by atoms with Crippen LogP contribution in [0.2, 0.25) is 0 Å². The normalized spacial score (nSPS) is 21.1. The highest BCUT2D eigenvalue weighted by Gasteiger charge is 2.46. The highest BCUT2D eigenvalue weighted by Crippen LogP contribution is 2.41. The molecule has 1 atom stereocenters. The number of hydrogen-bond donors (Lipinski definition) is 1. The first kappa shape index (κ1) is 23.0. The number of methoxy groups -OCH3 is 1. The molecule has 1 N–H and O–H groups in total. The number of benzene rings is 1. The lowest BCUT2D eigenvalue weighted by atomic mass is 9.94. The Labute approximate surface area is 194 Å². The van der Waals surface area contributed by atoms with E-state index < -0.39 is 17.7 Å². The molecular weight excluding hydrogens is 420 g/mol. The molecule has 0 radical (unpaired) electrons. The molecule has 1 unspecified atom stereocenters. The molecule has 2 aliphatic heterocycles. The third-order valence-electron chi connectivity index (χ3n) is 6.80. The van der Waals surface area contributed by atoms with Crippen molar-refractivity contribution >= 4 is 17.4 Å². The molecule has 3 heterocycles. The van der Waals surface area contributed by atoms with Crippen LogP contribution in [0, 0.1) is 13.8 Å². The van der Waals surface area contributed by atoms with Gasteiger partial charge in [0.25, 0.3) is 11.7 Å². The zero-order valence-corrected chi connectivity index (χ0v) is 19.8. The van der Waals surface area contributed by atoms with Gasteiger partial charge in [-0.2, -0.15) is 5.10 Å². The van der Waals surface area contributed by atoms with Crippen LogP contribution in [-0.4, -0.2) is 69.7 Å². The molecule has 2 saturated heterocycles. The Bertz CT molecular complexity index is 1100. The molecule has 1 aromatic heterocycles. The molecule has 1 aromatic carbocycles. The van der Waals surface area contributed by atoms with Crippen LogP contribution in [0.3, 0.4) is 0 Å². The number of Topliss-reactive ketones (excluding diaryl/α,β-unsaturated/α-hetero) is 1. The number of ketones is 1. The summed E-state index contributed by atoms with van der Waals surface area (Å²) in [6, 6.07) is 6.64. The van der Waals surface area contributed by atoms with Gasteiger partial charge in [-0.05, 0) is 57.5 Å². The minimum atomic E-state index is -0.691. The third kappa shape index (κ3) is 4.27. The third-order valence-corrected chi connectivity index (χ3v) is 6.80. The van der Waals surface area contributed by atoms with Gasteiger partial charge in [0.15, 0.2) is 0 Å². The fourth-order valence-corrected chi connectivity index (χ4v) is 4.95. The van der Waals surface area contributed by atoms with Crippen LogP contribution in [0.15, 0.2) is 29.8 Å². The summed E-state index contributed by atoms with van der Waals surface area (Å²) in [6.45, 7) is 6.73. The van der Waals surface area contributed by atoms with Crippen molar-refractivity contribution in [2.24, 2.45) is 7.05 Å². The van der Waals surface area contributed by atoms with Gasteiger partial charge in [0.1, 0.15) is 11.5 Å². The van der Waals surface area contributed by atoms with Crippen LogP contribution in [0.1, 0.15) is 47.8 Å². The van der Waals surface area contributed by atoms with Crippen molar-refractivity contribution in [1.29, 1.82) is 0 Å². The predicted molar refractivity (Wildman–Crippen MR) is 125 cm³/mol. The molecule has 176 valence electrons. The number of piperidine rings is 1. The Balaban J connectivity index is 1.79. The van der Waals surface area contributed by atoms with Crippen molar-refractivity contribution in [1.82, 2.24) is 19.6 Å². The first-order valence-electron chi connectivity index (χ1n) is 11.5. The maximum atomic E-state index is 13.3. The van der Waals surface area contributed by atoms with Crippen LogP contribution in [0.4, 0.5) is 0 Å². The highest BCUT2D eigenvalue weighted by atomic mass is 16.5. The number of aryl methyl sites for hydroxylation is 2. The Morgan fingerprint density at radius 1 is 1.15 bits per heavy atom. The summed E-state index contributed by atoms with van der Waals surface area (Å²) in [5.41, 5.74) is 2.67. The number of ether oxygens (including phenoxy) is 1. The predicted octanol–water partition coefficient (Wildman–Crippen LogP) is 2.95. The average molecular weight is 453 g/mol. The molecule has 0 aliphatic carbocycles. The van der Waals surface area contributed by atoms with Crippen molar-refractivity contribution in [2.75, 3.05) is 33.3 Å². The minimum absolute atomic E-state index is 0.103. The zero-order valence-electron chi connectivity index (χ0n) is 19.8. The fraction of sp³-hybridized carbons (Fsp3) is 0.480. The largest absolute Gasteiger partial charge is 0.507 e. The number of likely N-dealkylation sites (tertiary alicyclic amines) is 2. The molecule has 8 heteroatoms. The van der Waals surface area contributed by atoms with Crippen molar-refractivity contribution in [3.8, 4) is 5.75 Å². The maximum absolute atomic E-state index is 13.3. The van der Waals surface area contributed by atoms with E-state index in [1.54, 1.807) is 30.7 Å². The van der Waals surface area contributed by atoms with Gasteiger partial charge in [-0.25, -0.2) is 0 Å². The van der Waals surface area contributed by atoms with E-state index in [1.807, 2.05) is 31.2 Å². The first-order valence-corrected chi connectivity index (χ1v) is 11.5. The summed E-state index contributed by atoms with van der Waals surface area (Å²) in [6.07, 6.45) is 3.53. The standard InChI is InChI=1S/C25H32N4O4/c1-16-20(17(2)27(3)26-16)23(30)21-22(18-9-8-10-19(15-18)33-4)29(25(32)24(21)31)14-13-28-11-6-5-7-12-28/h8-10,15,22,30H,5-7,11-14H2,1-4H3/b23-21+. The summed E-state index contributed by atoms with van der Waals surface area (Å²) < 4.78 is 7.06. The number of hydrogen-bond acceptors (Lipinski definition) is 6. The van der Waals surface area contributed by atoms with Gasteiger partial charge in [-0.1, -0.05) is 18.6 Å². The molecule has 2 aliphatic rings. The molecular formula is C25H32N4O4. The van der Waals surface area contributed by atoms with Crippen molar-refractivity contribution < 1.29 is 19.4 Å². The number of nitrogens with zero attached hydrogens (tertiary/aromatic N) is 4. The number of amides is 1. The number of aliphatic hydroxyl groups is 1. The number of carbonyl (C=O) groups excluding carboxylic acids is 2. The van der Waals surface area contributed by atoms with Crippen molar-refractivity contribution in [3.63, 3.8) is 0 Å². The Morgan fingerprint density at radius 3 is 2.52 bits per heavy atom. The molecule has 1 amide bonds. The van der Waals surface area contributed by atoms with E-state index in [4.69, 9.17) is 4.74 Å². The molecule has 0 saturated carbocycles. The van der Waals surface area contributed by atoms with Crippen LogP contribution < -0.4 is 4.74 Å². The molecule has 2 aromatic rings. The van der Waals surface area contributed by atoms with Crippen molar-refractivity contribution in [3.05, 3.63) is 52.4 Å². The van der Waals surface area contributed by atoms with E-state index in [9.17, 15) is 14.7 Å². The Morgan fingerprint density at radius 2 is 1.88 bits per heavy atom. The smallest absolute Gasteiger partial charge is 0.295 e. The van der Waals surface area contributed by atoms with Crippen LogP contribution in [0.5, 0.6) is 5.75 Å². The Kier molecular flexibility index (Phi) is 6.56. The quantitative estimate of drug-likeness (QED) is 0.412. The summed E-state index contributed by atoms with van der Waals surface area (Å²) in [4.78, 5) is 30.4. The summed E-state index contributed by atoms with van der Waals surface area (Å²) >= 11 is 0. The van der Waals surface area contributed by atoms with Crippen LogP contribution >= 0.6 is 0 Å². The zero-order chi connectivity index (χ0) is 23.7. The number of rotatable bonds is 6. The van der Waals surface area contributed by atoms with E-state index in [-0.39, 0.29) is 11.3 Å². The minimum Gasteiger partial charge on any atom is -0.507 e. The lowest BCUT2D eigenvalue weighted by Gasteiger charge is -2.31. The van der Waals surface area contributed by atoms with E-state index in [0.29, 0.717) is 30.1 Å². The topological polar surface area (TPSA) is 87.9 Å². The molecule has 33 heavy (non-hydrogen) atoms. The van der Waals surface area contributed by atoms with Gasteiger partial charge in [0, 0.05) is 25.8 Å². The van der Waals surface area contributed by atoms with Gasteiger partial charge >= 0.3 is 0 Å². The summed E-state index contributed by atoms with van der Waals surface area (Å²) in [5.74, 6) is -0.796. The molecule has 0 spiro atoms. The second-order valence-corrected chi connectivity index (χ2v) is 8.84. The highest BCUT2D eigenvalue weighted by molar-refractivity contribution is 6.46. The number of carbonyl (C=O) groups is 2. The first-order chi connectivity index (χ1) is 15.8. The summed E-state index contributed by atoms with van der Waals surface area (Å²) in [5, 5.41) is 15.7. The van der Waals surface area contributed by atoms with Gasteiger partial charge in [0.2, 0.25) is 0 Å². The second kappa shape index (κ2) is 9.39. The summed E-state index contributed by atoms with van der Waals surface area (Å²) in [7, 11) is 3.37. The lowest BCUT2D eigenvalue weighted by Crippen LogP contribution is -2.40. The van der Waals surface area contributed by atoms with Crippen LogP contribution in [0.25, 0.3) is 5.76 Å². The average Bonchev–Trinajstić information content (AvgIpc) is 3.23. The number of aliphatic hydroxyl groups excluding tert-OH is 1. The SMILES string of the molecule is COc1cccc(C2/C(=C(\O)c3c(C)nn(C)c3C)C(=O)C(=O)N2CCN2CCCCC2)c1. The number of aromatic nitrogens is 2. The van der Waals surface area contributed by atoms with Gasteiger partial charge in [0.05, 0.1) is 30.0 Å². The van der Waals surface area contributed by atoms with E-state index in [1.165, 1.54) is 6.42 Å². The molecule has 8 nitrogen and oxygen atoms in total. The van der Waals surface area contributed by atoms with Gasteiger partial charge in [-0.3, -0.25) is 14.3 Å². The van der Waals surface area contributed by atoms with Gasteiger partial charge < -0.3 is 19.6 Å². The molecule has 0 bridgehead atoms.